The molecule has 5 rings (SSSR count). The number of aromatic amines is 1. The highest BCUT2D eigenvalue weighted by atomic mass is 32.2. The predicted molar refractivity (Wildman–Crippen MR) is 137 cm³/mol. The fraction of sp³-hybridized carbons (Fsp3) is 0.0385. The van der Waals surface area contributed by atoms with Gasteiger partial charge in [0.1, 0.15) is 17.3 Å². The average Bonchev–Trinajstić information content (AvgIpc) is 3.26. The van der Waals surface area contributed by atoms with Gasteiger partial charge in [0.15, 0.2) is 15.5 Å². The molecule has 11 heteroatoms. The second kappa shape index (κ2) is 9.43. The second-order valence-corrected chi connectivity index (χ2v) is 10.3. The minimum atomic E-state index is -3.40. The molecule has 0 saturated heterocycles. The number of anilines is 2. The normalized spacial score (nSPS) is 11.4. The molecule has 0 atom stereocenters. The van der Waals surface area contributed by atoms with Crippen molar-refractivity contribution < 1.29 is 22.0 Å². The molecule has 0 saturated carbocycles. The molecule has 0 unspecified atom stereocenters. The van der Waals surface area contributed by atoms with Crippen LogP contribution in [0, 0.1) is 11.6 Å². The van der Waals surface area contributed by atoms with Gasteiger partial charge >= 0.3 is 6.03 Å². The fourth-order valence-corrected chi connectivity index (χ4v) is 4.51. The van der Waals surface area contributed by atoms with Crippen LogP contribution in [0.15, 0.2) is 83.9 Å². The number of hydrogen-bond donors (Lipinski definition) is 3. The van der Waals surface area contributed by atoms with Crippen LogP contribution in [-0.2, 0) is 9.84 Å². The van der Waals surface area contributed by atoms with E-state index in [-0.39, 0.29) is 16.3 Å². The van der Waals surface area contributed by atoms with Gasteiger partial charge in [-0.15, -0.1) is 0 Å². The number of H-pyrrole nitrogens is 1. The standard InChI is InChI=1S/C26H19F2N5O3S/c1-37(35,36)22-7-2-4-15(10-22)17-11-23-24(32-33-25(23)29-14-17)16-8-19(28)13-21(9-16)31-26(34)30-20-6-3-5-18(27)12-20/h2-14H,1H3,(H,29,32,33)(H2,30,31,34). The molecule has 0 radical (unpaired) electrons. The summed E-state index contributed by atoms with van der Waals surface area (Å²) in [6.45, 7) is 0. The minimum absolute atomic E-state index is 0.157. The number of sulfone groups is 1. The van der Waals surface area contributed by atoms with Crippen molar-refractivity contribution in [2.75, 3.05) is 16.9 Å². The Hall–Kier alpha value is -4.64. The van der Waals surface area contributed by atoms with E-state index in [1.165, 1.54) is 30.3 Å². The summed E-state index contributed by atoms with van der Waals surface area (Å²) in [7, 11) is -3.40. The highest BCUT2D eigenvalue weighted by Crippen LogP contribution is 2.32. The molecule has 2 amide bonds. The van der Waals surface area contributed by atoms with Gasteiger partial charge in [0.05, 0.1) is 4.90 Å². The zero-order chi connectivity index (χ0) is 26.2. The maximum absolute atomic E-state index is 14.5. The molecular weight excluding hydrogens is 500 g/mol. The number of rotatable bonds is 5. The molecule has 0 aliphatic carbocycles. The van der Waals surface area contributed by atoms with Crippen molar-refractivity contribution in [1.82, 2.24) is 15.2 Å². The van der Waals surface area contributed by atoms with Crippen LogP contribution in [0.25, 0.3) is 33.4 Å². The lowest BCUT2D eigenvalue weighted by atomic mass is 10.0. The van der Waals surface area contributed by atoms with E-state index in [1.54, 1.807) is 36.5 Å². The van der Waals surface area contributed by atoms with Crippen molar-refractivity contribution in [3.63, 3.8) is 0 Å². The van der Waals surface area contributed by atoms with Crippen molar-refractivity contribution in [2.45, 2.75) is 4.90 Å². The third-order valence-corrected chi connectivity index (χ3v) is 6.63. The number of pyridine rings is 1. The fourth-order valence-electron chi connectivity index (χ4n) is 3.85. The lowest BCUT2D eigenvalue weighted by Crippen LogP contribution is -2.19. The highest BCUT2D eigenvalue weighted by Gasteiger charge is 2.15. The summed E-state index contributed by atoms with van der Waals surface area (Å²) in [5.41, 5.74) is 2.88. The SMILES string of the molecule is CS(=O)(=O)c1cccc(-c2cnc3[nH]nc(-c4cc(F)cc(NC(=O)Nc5cccc(F)c5)c4)c3c2)c1. The van der Waals surface area contributed by atoms with Gasteiger partial charge in [0, 0.05) is 40.3 Å². The van der Waals surface area contributed by atoms with E-state index in [1.807, 2.05) is 0 Å². The molecule has 37 heavy (non-hydrogen) atoms. The maximum Gasteiger partial charge on any atom is 0.323 e. The number of aromatic nitrogens is 3. The van der Waals surface area contributed by atoms with Crippen LogP contribution < -0.4 is 10.6 Å². The first-order valence-electron chi connectivity index (χ1n) is 10.9. The summed E-state index contributed by atoms with van der Waals surface area (Å²) in [5.74, 6) is -1.12. The molecule has 8 nitrogen and oxygen atoms in total. The molecule has 3 N–H and O–H groups in total. The largest absolute Gasteiger partial charge is 0.323 e. The van der Waals surface area contributed by atoms with E-state index in [0.717, 1.165) is 18.4 Å². The minimum Gasteiger partial charge on any atom is -0.308 e. The molecule has 2 aromatic heterocycles. The third kappa shape index (κ3) is 5.31. The molecule has 186 valence electrons. The molecule has 3 aromatic carbocycles. The molecule has 0 bridgehead atoms. The number of urea groups is 1. The molecule has 2 heterocycles. The topological polar surface area (TPSA) is 117 Å². The van der Waals surface area contributed by atoms with E-state index >= 15 is 0 Å². The molecular formula is C26H19F2N5O3S. The number of halogens is 2. The van der Waals surface area contributed by atoms with Gasteiger partial charge in [-0.25, -0.2) is 27.0 Å². The van der Waals surface area contributed by atoms with E-state index in [2.05, 4.69) is 25.8 Å². The van der Waals surface area contributed by atoms with Crippen molar-refractivity contribution in [3.05, 3.63) is 90.6 Å². The molecule has 5 aromatic rings. The predicted octanol–water partition coefficient (Wildman–Crippen LogP) is 5.62. The number of benzene rings is 3. The van der Waals surface area contributed by atoms with E-state index in [9.17, 15) is 22.0 Å². The summed E-state index contributed by atoms with van der Waals surface area (Å²) in [6, 6.07) is 16.9. The summed E-state index contributed by atoms with van der Waals surface area (Å²) in [5, 5.41) is 12.7. The Morgan fingerprint density at radius 3 is 2.38 bits per heavy atom. The van der Waals surface area contributed by atoms with Crippen molar-refractivity contribution >= 4 is 38.3 Å². The van der Waals surface area contributed by atoms with Crippen LogP contribution in [0.1, 0.15) is 0 Å². The average molecular weight is 520 g/mol. The van der Waals surface area contributed by atoms with Crippen molar-refractivity contribution in [1.29, 1.82) is 0 Å². The molecule has 0 fully saturated rings. The molecule has 0 spiro atoms. The summed E-state index contributed by atoms with van der Waals surface area (Å²) >= 11 is 0. The number of nitrogens with zero attached hydrogens (tertiary/aromatic N) is 2. The Kier molecular flexibility index (Phi) is 6.14. The first-order valence-corrected chi connectivity index (χ1v) is 12.8. The van der Waals surface area contributed by atoms with Crippen molar-refractivity contribution in [3.8, 4) is 22.4 Å². The Bertz CT molecular complexity index is 1770. The summed E-state index contributed by atoms with van der Waals surface area (Å²) in [6.07, 6.45) is 2.72. The van der Waals surface area contributed by atoms with Crippen LogP contribution in [0.4, 0.5) is 25.0 Å². The van der Waals surface area contributed by atoms with Gasteiger partial charge in [0.2, 0.25) is 0 Å². The van der Waals surface area contributed by atoms with Gasteiger partial charge in [-0.05, 0) is 60.2 Å². The zero-order valence-corrected chi connectivity index (χ0v) is 20.1. The van der Waals surface area contributed by atoms with Crippen molar-refractivity contribution in [2.24, 2.45) is 0 Å². The summed E-state index contributed by atoms with van der Waals surface area (Å²) in [4.78, 5) is 16.9. The first kappa shape index (κ1) is 24.1. The van der Waals surface area contributed by atoms with Crippen LogP contribution in [0.5, 0.6) is 0 Å². The number of carbonyl (C=O) groups is 1. The number of amides is 2. The monoisotopic (exact) mass is 519 g/mol. The Labute approximate surface area is 210 Å². The Balaban J connectivity index is 1.47. The van der Waals surface area contributed by atoms with Crippen LogP contribution in [0.2, 0.25) is 0 Å². The quantitative estimate of drug-likeness (QED) is 0.279. The van der Waals surface area contributed by atoms with E-state index < -0.39 is 27.5 Å². The van der Waals surface area contributed by atoms with Gasteiger partial charge in [0.25, 0.3) is 0 Å². The highest BCUT2D eigenvalue weighted by molar-refractivity contribution is 7.90. The smallest absolute Gasteiger partial charge is 0.308 e. The first-order chi connectivity index (χ1) is 17.7. The number of hydrogen-bond acceptors (Lipinski definition) is 5. The van der Waals surface area contributed by atoms with Gasteiger partial charge in [-0.3, -0.25) is 5.10 Å². The van der Waals surface area contributed by atoms with E-state index in [4.69, 9.17) is 0 Å². The Morgan fingerprint density at radius 1 is 0.838 bits per heavy atom. The lowest BCUT2D eigenvalue weighted by molar-refractivity contribution is 0.262. The number of carbonyl (C=O) groups excluding carboxylic acids is 1. The zero-order valence-electron chi connectivity index (χ0n) is 19.3. The molecule has 0 aliphatic rings. The third-order valence-electron chi connectivity index (χ3n) is 5.52. The van der Waals surface area contributed by atoms with Crippen LogP contribution >= 0.6 is 0 Å². The summed E-state index contributed by atoms with van der Waals surface area (Å²) < 4.78 is 51.8. The lowest BCUT2D eigenvalue weighted by Gasteiger charge is -2.09. The second-order valence-electron chi connectivity index (χ2n) is 8.31. The number of fused-ring (bicyclic) bond motifs is 1. The van der Waals surface area contributed by atoms with Gasteiger partial charge in [-0.2, -0.15) is 5.10 Å². The van der Waals surface area contributed by atoms with Crippen LogP contribution in [-0.4, -0.2) is 35.9 Å². The van der Waals surface area contributed by atoms with E-state index in [0.29, 0.717) is 33.4 Å². The Morgan fingerprint density at radius 2 is 1.59 bits per heavy atom. The molecule has 0 aliphatic heterocycles. The van der Waals surface area contributed by atoms with Crippen LogP contribution in [0.3, 0.4) is 0 Å². The number of nitrogens with one attached hydrogen (secondary N) is 3. The van der Waals surface area contributed by atoms with Gasteiger partial charge < -0.3 is 10.6 Å². The maximum atomic E-state index is 14.5. The van der Waals surface area contributed by atoms with Gasteiger partial charge in [-0.1, -0.05) is 18.2 Å².